The number of nitrogens with zero attached hydrogens (tertiary/aromatic N) is 2. The van der Waals surface area contributed by atoms with Gasteiger partial charge in [-0.25, -0.2) is 8.42 Å². The van der Waals surface area contributed by atoms with Crippen LogP contribution in [0.2, 0.25) is 0 Å². The minimum absolute atomic E-state index is 0. The second-order valence-electron chi connectivity index (χ2n) is 22.0. The zero-order chi connectivity index (χ0) is 44.1. The van der Waals surface area contributed by atoms with Crippen LogP contribution in [0.4, 0.5) is 0 Å². The molecule has 9 nitrogen and oxygen atoms in total. The second-order valence-corrected chi connectivity index (χ2v) is 25.4. The molecule has 13 heteroatoms. The summed E-state index contributed by atoms with van der Waals surface area (Å²) >= 11 is -2.03. The Morgan fingerprint density at radius 3 is 1.32 bits per heavy atom. The molecule has 6 aliphatic rings. The largest absolute Gasteiger partial charge is 1.00 e. The molecule has 0 aliphatic heterocycles. The number of sulfone groups is 1. The Morgan fingerprint density at radius 2 is 0.937 bits per heavy atom. The first-order valence-electron chi connectivity index (χ1n) is 25.8. The Balaban J connectivity index is 0.00000436. The van der Waals surface area contributed by atoms with Gasteiger partial charge in [-0.2, -0.15) is 0 Å². The zero-order valence-electron chi connectivity index (χ0n) is 42.0. The van der Waals surface area contributed by atoms with Crippen molar-refractivity contribution < 1.29 is 69.5 Å². The maximum atomic E-state index is 16.4. The minimum atomic E-state index is -3.41. The third-order valence-corrected chi connectivity index (χ3v) is 21.6. The maximum absolute atomic E-state index is 16.4. The van der Waals surface area contributed by atoms with Gasteiger partial charge in [-0.05, 0) is 197 Å². The molecule has 6 aliphatic carbocycles. The molecule has 0 amide bonds. The van der Waals surface area contributed by atoms with Crippen molar-refractivity contribution in [2.75, 3.05) is 32.4 Å². The molecule has 7 atom stereocenters. The molecule has 0 saturated heterocycles. The zero-order valence-corrected chi connectivity index (χ0v) is 43.7. The fourth-order valence-electron chi connectivity index (χ4n) is 14.8. The van der Waals surface area contributed by atoms with Crippen LogP contribution in [0.5, 0.6) is 0 Å². The molecule has 0 radical (unpaired) electrons. The summed E-state index contributed by atoms with van der Waals surface area (Å²) in [6, 6.07) is 1.05. The van der Waals surface area contributed by atoms with Crippen LogP contribution in [0.15, 0.2) is 0 Å². The average Bonchev–Trinajstić information content (AvgIpc) is 3.25. The summed E-state index contributed by atoms with van der Waals surface area (Å²) in [5.74, 6) is 1.14. The van der Waals surface area contributed by atoms with Gasteiger partial charge in [0.15, 0.2) is 9.84 Å². The van der Waals surface area contributed by atoms with E-state index in [1.165, 1.54) is 19.1 Å². The second kappa shape index (κ2) is 25.3. The van der Waals surface area contributed by atoms with Gasteiger partial charge in [0.25, 0.3) is 0 Å². The van der Waals surface area contributed by atoms with Crippen LogP contribution < -0.4 is 42.8 Å². The summed E-state index contributed by atoms with van der Waals surface area (Å²) in [4.78, 5) is 5.13. The van der Waals surface area contributed by atoms with Gasteiger partial charge in [0.05, 0.1) is 29.7 Å². The van der Waals surface area contributed by atoms with Gasteiger partial charge in [0.2, 0.25) is 0 Å². The van der Waals surface area contributed by atoms with E-state index in [2.05, 4.69) is 58.3 Å². The number of ether oxygens (including phenoxy) is 2. The molecule has 7 unspecified atom stereocenters. The van der Waals surface area contributed by atoms with Crippen LogP contribution in [-0.4, -0.2) is 112 Å². The monoisotopic (exact) mass is 909 g/mol. The van der Waals surface area contributed by atoms with E-state index in [0.29, 0.717) is 43.2 Å². The molecule has 0 bridgehead atoms. The topological polar surface area (TPSA) is 122 Å². The van der Waals surface area contributed by atoms with Gasteiger partial charge in [-0.1, -0.05) is 71.4 Å². The molecule has 356 valence electrons. The SMILES string of the molecule is CCN(CC)C1CCC(C([O-])(C2CCC(N(CC)CC)CC2)C2CC(OC3CCC(C(C)(C)C4CCC(OC5CCC(C)C(S(=O)[O-])C5)CC4)CC3)CCC2S(C)(=O)=O)CC1.[Li+].[Li+]. The molecular formula is C50H90Li2N2O7S2. The van der Waals surface area contributed by atoms with Gasteiger partial charge >= 0.3 is 37.7 Å². The van der Waals surface area contributed by atoms with E-state index in [1.54, 1.807) is 0 Å². The summed E-state index contributed by atoms with van der Waals surface area (Å²) in [5, 5.41) is 15.5. The standard InChI is InChI=1S/C50H91N2O7S2.2Li/c1-9-51(10-2)40-22-14-38(15-23-40)50(53,39-16-24-41(25-17-39)52(11-3)12-4)46-33-44(31-32-48(46)61(8,56)57)58-42-27-18-36(19-28-42)49(6,7)37-20-29-43(30-21-37)59-45-26-13-35(5)47(34-45)60(54)55;;/h35-48H,9-34H2,1-8H3,(H,54,55);;/q-1;2*+1/p-1. The van der Waals surface area contributed by atoms with Crippen LogP contribution in [0.1, 0.15) is 190 Å². The summed E-state index contributed by atoms with van der Waals surface area (Å²) in [5.41, 5.74) is -1.02. The third-order valence-electron chi connectivity index (χ3n) is 18.7. The van der Waals surface area contributed by atoms with Crippen molar-refractivity contribution in [1.29, 1.82) is 0 Å². The molecule has 0 aromatic carbocycles. The van der Waals surface area contributed by atoms with Crippen molar-refractivity contribution in [3.8, 4) is 0 Å². The minimum Gasteiger partial charge on any atom is -0.849 e. The summed E-state index contributed by atoms with van der Waals surface area (Å²) < 4.78 is 64.7. The van der Waals surface area contributed by atoms with Crippen molar-refractivity contribution in [2.24, 2.45) is 40.9 Å². The molecule has 0 spiro atoms. The van der Waals surface area contributed by atoms with Crippen LogP contribution in [0, 0.1) is 40.9 Å². The Labute approximate surface area is 413 Å². The molecule has 6 saturated carbocycles. The average molecular weight is 909 g/mol. The summed E-state index contributed by atoms with van der Waals surface area (Å²) in [6.45, 7) is 20.2. The Kier molecular flexibility index (Phi) is 22.7. The first-order valence-corrected chi connectivity index (χ1v) is 28.9. The van der Waals surface area contributed by atoms with Gasteiger partial charge in [0, 0.05) is 23.6 Å². The van der Waals surface area contributed by atoms with Gasteiger partial charge < -0.3 is 28.9 Å². The van der Waals surface area contributed by atoms with Crippen LogP contribution in [0.25, 0.3) is 0 Å². The quantitative estimate of drug-likeness (QED) is 0.160. The first kappa shape index (κ1) is 56.6. The fourth-order valence-corrected chi connectivity index (χ4v) is 17.2. The van der Waals surface area contributed by atoms with E-state index < -0.39 is 37.7 Å². The number of hydrogen-bond acceptors (Lipinski definition) is 9. The third kappa shape index (κ3) is 13.7. The maximum Gasteiger partial charge on any atom is 1.00 e. The van der Waals surface area contributed by atoms with E-state index in [9.17, 15) is 17.2 Å². The predicted octanol–water partition coefficient (Wildman–Crippen LogP) is 3.09. The molecule has 0 heterocycles. The smallest absolute Gasteiger partial charge is 0.849 e. The van der Waals surface area contributed by atoms with E-state index in [1.807, 2.05) is 0 Å². The van der Waals surface area contributed by atoms with E-state index in [4.69, 9.17) is 9.47 Å². The Bertz CT molecular complexity index is 1440. The van der Waals surface area contributed by atoms with E-state index in [-0.39, 0.29) is 90.6 Å². The van der Waals surface area contributed by atoms with Gasteiger partial charge in [-0.15, -0.1) is 5.60 Å². The van der Waals surface area contributed by atoms with E-state index in [0.717, 1.165) is 135 Å². The van der Waals surface area contributed by atoms with Crippen LogP contribution in [-0.2, 0) is 30.4 Å². The number of hydrogen-bond donors (Lipinski definition) is 0. The van der Waals surface area contributed by atoms with Crippen molar-refractivity contribution in [3.63, 3.8) is 0 Å². The van der Waals surface area contributed by atoms with Crippen LogP contribution >= 0.6 is 0 Å². The predicted molar refractivity (Wildman–Crippen MR) is 247 cm³/mol. The summed E-state index contributed by atoms with van der Waals surface area (Å²) in [7, 11) is -3.41. The molecular weight excluding hydrogens is 819 g/mol. The molecule has 0 N–H and O–H groups in total. The number of rotatable bonds is 17. The van der Waals surface area contributed by atoms with Crippen molar-refractivity contribution in [3.05, 3.63) is 0 Å². The van der Waals surface area contributed by atoms with E-state index >= 15 is 5.11 Å². The van der Waals surface area contributed by atoms with Gasteiger partial charge in [0.1, 0.15) is 0 Å². The molecule has 6 rings (SSSR count). The van der Waals surface area contributed by atoms with Crippen molar-refractivity contribution in [2.45, 2.75) is 242 Å². The Morgan fingerprint density at radius 1 is 0.571 bits per heavy atom. The molecule has 0 aromatic rings. The molecule has 0 aromatic heterocycles. The van der Waals surface area contributed by atoms with Crippen LogP contribution in [0.3, 0.4) is 0 Å². The Hall–Kier alpha value is 1.05. The fraction of sp³-hybridized carbons (Fsp3) is 1.00. The van der Waals surface area contributed by atoms with Crippen molar-refractivity contribution >= 4 is 20.9 Å². The van der Waals surface area contributed by atoms with Gasteiger partial charge in [-0.3, -0.25) is 4.21 Å². The van der Waals surface area contributed by atoms with Crippen molar-refractivity contribution in [1.82, 2.24) is 9.80 Å². The molecule has 63 heavy (non-hydrogen) atoms. The summed E-state index contributed by atoms with van der Waals surface area (Å²) in [6.07, 6.45) is 23.0. The first-order chi connectivity index (χ1) is 29.0. The molecule has 6 fully saturated rings. The normalized spacial score (nSPS) is 38.9.